The molecule has 0 N–H and O–H groups in total. The number of hydrogen-bond donors (Lipinski definition) is 0. The smallest absolute Gasteiger partial charge is 0.0220 e. The van der Waals surface area contributed by atoms with Gasteiger partial charge in [0.25, 0.3) is 0 Å². The van der Waals surface area contributed by atoms with E-state index in [0.717, 1.165) is 5.75 Å². The zero-order valence-electron chi connectivity index (χ0n) is 4.19. The molecule has 0 bridgehead atoms. The van der Waals surface area contributed by atoms with Crippen molar-refractivity contribution in [1.29, 1.82) is 0 Å². The Morgan fingerprint density at radius 3 is 2.17 bits per heavy atom. The molecule has 0 aromatic heterocycles. The SMILES string of the molecule is CC(C)=CC[S]. The summed E-state index contributed by atoms with van der Waals surface area (Å²) >= 11 is 4.65. The molecule has 0 rings (SSSR count). The van der Waals surface area contributed by atoms with Crippen LogP contribution in [0.4, 0.5) is 0 Å². The summed E-state index contributed by atoms with van der Waals surface area (Å²) in [5.74, 6) is 0.752. The van der Waals surface area contributed by atoms with E-state index in [1.165, 1.54) is 5.57 Å². The fourth-order valence-corrected chi connectivity index (χ4v) is 0.500. The van der Waals surface area contributed by atoms with Crippen molar-refractivity contribution in [3.05, 3.63) is 11.6 Å². The van der Waals surface area contributed by atoms with Gasteiger partial charge in [-0.1, -0.05) is 24.3 Å². The second-order valence-corrected chi connectivity index (χ2v) is 1.78. The van der Waals surface area contributed by atoms with Crippen LogP contribution in [-0.4, -0.2) is 5.75 Å². The summed E-state index contributed by atoms with van der Waals surface area (Å²) in [6.45, 7) is 4.10. The quantitative estimate of drug-likeness (QED) is 0.444. The summed E-state index contributed by atoms with van der Waals surface area (Å²) in [4.78, 5) is 0. The predicted molar refractivity (Wildman–Crippen MR) is 31.9 cm³/mol. The Bertz CT molecular complexity index is 51.0. The highest BCUT2D eigenvalue weighted by Gasteiger charge is 1.68. The van der Waals surface area contributed by atoms with Crippen LogP contribution in [0.3, 0.4) is 0 Å². The standard InChI is InChI=1S/C5H9S/c1-5(2)3-4-6/h3H,4H2,1-2H3. The van der Waals surface area contributed by atoms with E-state index >= 15 is 0 Å². The number of allylic oxidation sites excluding steroid dienone is 1. The molecule has 0 fully saturated rings. The largest absolute Gasteiger partial charge is 0.0897 e. The van der Waals surface area contributed by atoms with E-state index in [0.29, 0.717) is 0 Å². The molecule has 0 spiro atoms. The van der Waals surface area contributed by atoms with Gasteiger partial charge < -0.3 is 0 Å². The van der Waals surface area contributed by atoms with Crippen molar-refractivity contribution >= 4 is 12.6 Å². The molecule has 0 nitrogen and oxygen atoms in total. The van der Waals surface area contributed by atoms with Gasteiger partial charge in [0.2, 0.25) is 0 Å². The summed E-state index contributed by atoms with van der Waals surface area (Å²) in [6.07, 6.45) is 2.02. The van der Waals surface area contributed by atoms with Crippen LogP contribution in [0.5, 0.6) is 0 Å². The Morgan fingerprint density at radius 1 is 1.67 bits per heavy atom. The van der Waals surface area contributed by atoms with Gasteiger partial charge in [-0.15, -0.1) is 0 Å². The molecule has 35 valence electrons. The van der Waals surface area contributed by atoms with Gasteiger partial charge in [0, 0.05) is 5.75 Å². The summed E-state index contributed by atoms with van der Waals surface area (Å²) in [7, 11) is 0. The maximum absolute atomic E-state index is 4.65. The summed E-state index contributed by atoms with van der Waals surface area (Å²) in [6, 6.07) is 0. The first-order valence-corrected chi connectivity index (χ1v) is 2.56. The van der Waals surface area contributed by atoms with Gasteiger partial charge in [0.15, 0.2) is 0 Å². The third kappa shape index (κ3) is 4.09. The molecule has 6 heavy (non-hydrogen) atoms. The number of rotatable bonds is 1. The van der Waals surface area contributed by atoms with Crippen molar-refractivity contribution in [3.63, 3.8) is 0 Å². The first-order chi connectivity index (χ1) is 2.77. The van der Waals surface area contributed by atoms with Crippen molar-refractivity contribution < 1.29 is 0 Å². The monoisotopic (exact) mass is 101 g/mol. The molecule has 0 aliphatic heterocycles. The van der Waals surface area contributed by atoms with Gasteiger partial charge in [-0.3, -0.25) is 0 Å². The summed E-state index contributed by atoms with van der Waals surface area (Å²) in [5, 5.41) is 0. The zero-order valence-corrected chi connectivity index (χ0v) is 5.01. The molecule has 1 heteroatoms. The van der Waals surface area contributed by atoms with Gasteiger partial charge in [0.1, 0.15) is 0 Å². The molecule has 0 saturated heterocycles. The first kappa shape index (κ1) is 6.09. The Balaban J connectivity index is 3.14. The van der Waals surface area contributed by atoms with Crippen molar-refractivity contribution in [2.24, 2.45) is 0 Å². The summed E-state index contributed by atoms with van der Waals surface area (Å²) in [5.41, 5.74) is 1.31. The predicted octanol–water partition coefficient (Wildman–Crippen LogP) is 2.15. The molecule has 0 atom stereocenters. The van der Waals surface area contributed by atoms with Crippen LogP contribution in [0.15, 0.2) is 11.6 Å². The average molecular weight is 101 g/mol. The average Bonchev–Trinajstić information content (AvgIpc) is 1.35. The Morgan fingerprint density at radius 2 is 2.17 bits per heavy atom. The van der Waals surface area contributed by atoms with E-state index in [9.17, 15) is 0 Å². The lowest BCUT2D eigenvalue weighted by Crippen LogP contribution is -1.63. The second-order valence-electron chi connectivity index (χ2n) is 1.45. The molecule has 0 aromatic carbocycles. The van der Waals surface area contributed by atoms with Crippen LogP contribution < -0.4 is 0 Å². The van der Waals surface area contributed by atoms with E-state index in [-0.39, 0.29) is 0 Å². The third-order valence-corrected chi connectivity index (χ3v) is 0.658. The molecular weight excluding hydrogens is 92.1 g/mol. The van der Waals surface area contributed by atoms with Crippen molar-refractivity contribution in [1.82, 2.24) is 0 Å². The van der Waals surface area contributed by atoms with Gasteiger partial charge >= 0.3 is 0 Å². The van der Waals surface area contributed by atoms with Crippen LogP contribution in [0.1, 0.15) is 13.8 Å². The lowest BCUT2D eigenvalue weighted by Gasteiger charge is -1.79. The molecule has 0 amide bonds. The van der Waals surface area contributed by atoms with Crippen molar-refractivity contribution in [2.45, 2.75) is 13.8 Å². The van der Waals surface area contributed by atoms with Crippen LogP contribution in [0.2, 0.25) is 0 Å². The number of hydrogen-bond acceptors (Lipinski definition) is 0. The topological polar surface area (TPSA) is 0 Å². The Kier molecular flexibility index (Phi) is 3.34. The molecular formula is C5H9S. The van der Waals surface area contributed by atoms with Crippen molar-refractivity contribution in [3.8, 4) is 0 Å². The highest BCUT2D eigenvalue weighted by Crippen LogP contribution is 1.87. The molecule has 0 aliphatic rings. The van der Waals surface area contributed by atoms with Gasteiger partial charge in [0.05, 0.1) is 0 Å². The van der Waals surface area contributed by atoms with E-state index in [2.05, 4.69) is 12.6 Å². The summed E-state index contributed by atoms with van der Waals surface area (Å²) < 4.78 is 0. The van der Waals surface area contributed by atoms with Crippen LogP contribution in [0.25, 0.3) is 0 Å². The van der Waals surface area contributed by atoms with Crippen LogP contribution in [0, 0.1) is 0 Å². The fourth-order valence-electron chi connectivity index (χ4n) is 0.167. The van der Waals surface area contributed by atoms with E-state index in [1.807, 2.05) is 19.9 Å². The minimum atomic E-state index is 0.752. The van der Waals surface area contributed by atoms with E-state index in [1.54, 1.807) is 0 Å². The molecule has 0 saturated carbocycles. The molecule has 0 unspecified atom stereocenters. The molecule has 0 aliphatic carbocycles. The minimum absolute atomic E-state index is 0.752. The lowest BCUT2D eigenvalue weighted by atomic mass is 10.3. The minimum Gasteiger partial charge on any atom is -0.0897 e. The third-order valence-electron chi connectivity index (χ3n) is 0.492. The maximum atomic E-state index is 4.65. The van der Waals surface area contributed by atoms with Crippen molar-refractivity contribution in [2.75, 3.05) is 5.75 Å². The maximum Gasteiger partial charge on any atom is 0.0220 e. The second kappa shape index (κ2) is 3.29. The fraction of sp³-hybridized carbons (Fsp3) is 0.600. The molecule has 0 heterocycles. The molecule has 1 radical (unpaired) electrons. The highest BCUT2D eigenvalue weighted by atomic mass is 32.1. The van der Waals surface area contributed by atoms with Crippen LogP contribution >= 0.6 is 12.6 Å². The van der Waals surface area contributed by atoms with Gasteiger partial charge in [-0.05, 0) is 13.8 Å². The Labute approximate surface area is 44.7 Å². The van der Waals surface area contributed by atoms with E-state index < -0.39 is 0 Å². The highest BCUT2D eigenvalue weighted by molar-refractivity contribution is 7.80. The zero-order chi connectivity index (χ0) is 4.99. The normalized spacial score (nSPS) is 7.83. The first-order valence-electron chi connectivity index (χ1n) is 1.99. The van der Waals surface area contributed by atoms with E-state index in [4.69, 9.17) is 0 Å². The molecule has 0 aromatic rings. The van der Waals surface area contributed by atoms with Gasteiger partial charge in [-0.2, -0.15) is 0 Å². The van der Waals surface area contributed by atoms with Crippen LogP contribution in [-0.2, 0) is 0 Å². The lowest BCUT2D eigenvalue weighted by molar-refractivity contribution is 1.37. The van der Waals surface area contributed by atoms with Gasteiger partial charge in [-0.25, -0.2) is 0 Å². The Hall–Kier alpha value is 0.0900.